The van der Waals surface area contributed by atoms with E-state index in [-0.39, 0.29) is 36.9 Å². The highest BCUT2D eigenvalue weighted by Crippen LogP contribution is 2.47. The second kappa shape index (κ2) is 6.54. The molecule has 2 atom stereocenters. The van der Waals surface area contributed by atoms with Gasteiger partial charge in [0.1, 0.15) is 0 Å². The monoisotopic (exact) mass is 285 g/mol. The van der Waals surface area contributed by atoms with Crippen LogP contribution in [-0.2, 0) is 14.3 Å². The Morgan fingerprint density at radius 1 is 1.35 bits per heavy atom. The maximum Gasteiger partial charge on any atom is 0.305 e. The fourth-order valence-electron chi connectivity index (χ4n) is 3.37. The highest BCUT2D eigenvalue weighted by Gasteiger charge is 2.42. The number of carboxylic acids is 1. The molecule has 0 bridgehead atoms. The first kappa shape index (κ1) is 15.3. The number of rotatable bonds is 6. The van der Waals surface area contributed by atoms with Crippen LogP contribution in [0.4, 0.5) is 0 Å². The van der Waals surface area contributed by atoms with Crippen molar-refractivity contribution in [3.05, 3.63) is 0 Å². The average molecular weight is 285 g/mol. The van der Waals surface area contributed by atoms with Crippen LogP contribution in [0.3, 0.4) is 0 Å². The van der Waals surface area contributed by atoms with Gasteiger partial charge in [0.25, 0.3) is 0 Å². The van der Waals surface area contributed by atoms with Crippen molar-refractivity contribution in [2.24, 2.45) is 5.41 Å². The first-order valence-electron chi connectivity index (χ1n) is 7.27. The molecule has 1 amide bonds. The van der Waals surface area contributed by atoms with Gasteiger partial charge in [0.05, 0.1) is 38.2 Å². The molecule has 0 aromatic carbocycles. The topological polar surface area (TPSA) is 95.9 Å². The van der Waals surface area contributed by atoms with Crippen molar-refractivity contribution >= 4 is 11.9 Å². The summed E-state index contributed by atoms with van der Waals surface area (Å²) in [4.78, 5) is 22.4. The minimum absolute atomic E-state index is 0.0720. The summed E-state index contributed by atoms with van der Waals surface area (Å²) in [5, 5.41) is 20.3. The van der Waals surface area contributed by atoms with E-state index in [1.54, 1.807) is 0 Å². The van der Waals surface area contributed by atoms with E-state index in [4.69, 9.17) is 14.9 Å². The van der Waals surface area contributed by atoms with Gasteiger partial charge < -0.3 is 20.3 Å². The smallest absolute Gasteiger partial charge is 0.305 e. The minimum atomic E-state index is -1.04. The number of aliphatic hydroxyl groups excluding tert-OH is 1. The van der Waals surface area contributed by atoms with Crippen molar-refractivity contribution in [1.82, 2.24) is 5.32 Å². The summed E-state index contributed by atoms with van der Waals surface area (Å²) in [7, 11) is 0. The van der Waals surface area contributed by atoms with Gasteiger partial charge in [0.2, 0.25) is 5.91 Å². The molecular formula is C14H23NO5. The number of hydrogen-bond donors (Lipinski definition) is 3. The standard InChI is InChI=1S/C14H23NO5/c16-8-10(5-13(18)19)15-12(17)6-11-7-14(9-20-11)3-1-2-4-14/h10-11,16H,1-9H2,(H,15,17)(H,18,19)/t10-,11?/m0/s1. The second-order valence-corrected chi connectivity index (χ2v) is 6.09. The maximum atomic E-state index is 11.9. The molecule has 2 aliphatic rings. The number of aliphatic carboxylic acids is 1. The number of carbonyl (C=O) groups is 2. The Kier molecular flexibility index (Phi) is 4.99. The Bertz CT molecular complexity index is 365. The molecule has 6 nitrogen and oxygen atoms in total. The zero-order chi connectivity index (χ0) is 14.6. The Balaban J connectivity index is 1.76. The van der Waals surface area contributed by atoms with E-state index in [1.165, 1.54) is 25.7 Å². The lowest BCUT2D eigenvalue weighted by Gasteiger charge is -2.20. The van der Waals surface area contributed by atoms with Gasteiger partial charge in [-0.05, 0) is 24.7 Å². The third-order valence-electron chi connectivity index (χ3n) is 4.37. The van der Waals surface area contributed by atoms with Gasteiger partial charge in [0.15, 0.2) is 0 Å². The number of hydrogen-bond acceptors (Lipinski definition) is 4. The summed E-state index contributed by atoms with van der Waals surface area (Å²) >= 11 is 0. The lowest BCUT2D eigenvalue weighted by atomic mass is 9.83. The SMILES string of the molecule is O=C(O)C[C@@H](CO)NC(=O)CC1CC2(CCCC2)CO1. The molecular weight excluding hydrogens is 262 g/mol. The van der Waals surface area contributed by atoms with E-state index in [1.807, 2.05) is 0 Å². The molecule has 6 heteroatoms. The van der Waals surface area contributed by atoms with Gasteiger partial charge >= 0.3 is 5.97 Å². The lowest BCUT2D eigenvalue weighted by molar-refractivity contribution is -0.138. The van der Waals surface area contributed by atoms with Crippen LogP contribution in [0.1, 0.15) is 44.9 Å². The predicted octanol–water partition coefficient (Wildman–Crippen LogP) is 0.678. The van der Waals surface area contributed by atoms with Crippen molar-refractivity contribution < 1.29 is 24.5 Å². The van der Waals surface area contributed by atoms with Crippen LogP contribution >= 0.6 is 0 Å². The summed E-state index contributed by atoms with van der Waals surface area (Å²) in [6.07, 6.45) is 5.68. The molecule has 1 aliphatic heterocycles. The van der Waals surface area contributed by atoms with E-state index >= 15 is 0 Å². The highest BCUT2D eigenvalue weighted by atomic mass is 16.5. The summed E-state index contributed by atoms with van der Waals surface area (Å²) in [6, 6.07) is -0.721. The van der Waals surface area contributed by atoms with E-state index < -0.39 is 12.0 Å². The van der Waals surface area contributed by atoms with Crippen molar-refractivity contribution in [3.8, 4) is 0 Å². The quantitative estimate of drug-likeness (QED) is 0.667. The number of carbonyl (C=O) groups excluding carboxylic acids is 1. The molecule has 2 rings (SSSR count). The van der Waals surface area contributed by atoms with Crippen LogP contribution in [-0.4, -0.2) is 47.4 Å². The summed E-state index contributed by atoms with van der Waals surface area (Å²) < 4.78 is 5.72. The molecule has 1 aliphatic carbocycles. The summed E-state index contributed by atoms with van der Waals surface area (Å²) in [6.45, 7) is 0.372. The van der Waals surface area contributed by atoms with Crippen molar-refractivity contribution in [1.29, 1.82) is 0 Å². The molecule has 0 aromatic heterocycles. The van der Waals surface area contributed by atoms with Gasteiger partial charge in [0, 0.05) is 0 Å². The van der Waals surface area contributed by atoms with Gasteiger partial charge in [-0.2, -0.15) is 0 Å². The zero-order valence-electron chi connectivity index (χ0n) is 11.6. The molecule has 0 radical (unpaired) electrons. The third-order valence-corrected chi connectivity index (χ3v) is 4.37. The molecule has 3 N–H and O–H groups in total. The van der Waals surface area contributed by atoms with Gasteiger partial charge in [-0.1, -0.05) is 12.8 Å². The number of nitrogens with one attached hydrogen (secondary N) is 1. The van der Waals surface area contributed by atoms with Crippen molar-refractivity contribution in [3.63, 3.8) is 0 Å². The molecule has 20 heavy (non-hydrogen) atoms. The molecule has 1 spiro atoms. The number of ether oxygens (including phenoxy) is 1. The third kappa shape index (κ3) is 3.93. The Labute approximate surface area is 118 Å². The summed E-state index contributed by atoms with van der Waals surface area (Å²) in [5.74, 6) is -1.28. The van der Waals surface area contributed by atoms with Crippen LogP contribution in [0.2, 0.25) is 0 Å². The molecule has 2 fully saturated rings. The predicted molar refractivity (Wildman–Crippen MR) is 71.1 cm³/mol. The lowest BCUT2D eigenvalue weighted by Crippen LogP contribution is -2.40. The van der Waals surface area contributed by atoms with Crippen molar-refractivity contribution in [2.45, 2.75) is 57.1 Å². The summed E-state index contributed by atoms with van der Waals surface area (Å²) in [5.41, 5.74) is 0.280. The van der Waals surface area contributed by atoms with Crippen molar-refractivity contribution in [2.75, 3.05) is 13.2 Å². The molecule has 1 saturated carbocycles. The Morgan fingerprint density at radius 2 is 2.05 bits per heavy atom. The minimum Gasteiger partial charge on any atom is -0.481 e. The first-order chi connectivity index (χ1) is 9.53. The fraction of sp³-hybridized carbons (Fsp3) is 0.857. The van der Waals surface area contributed by atoms with Crippen LogP contribution in [0.5, 0.6) is 0 Å². The van der Waals surface area contributed by atoms with E-state index in [2.05, 4.69) is 5.32 Å². The molecule has 1 unspecified atom stereocenters. The number of amides is 1. The average Bonchev–Trinajstić information content (AvgIpc) is 2.99. The Hall–Kier alpha value is -1.14. The zero-order valence-corrected chi connectivity index (χ0v) is 11.6. The number of aliphatic hydroxyl groups is 1. The van der Waals surface area contributed by atoms with Crippen LogP contribution in [0.25, 0.3) is 0 Å². The molecule has 0 aromatic rings. The second-order valence-electron chi connectivity index (χ2n) is 6.09. The maximum absolute atomic E-state index is 11.9. The van der Waals surface area contributed by atoms with Crippen LogP contribution in [0.15, 0.2) is 0 Å². The largest absolute Gasteiger partial charge is 0.481 e. The van der Waals surface area contributed by atoms with Gasteiger partial charge in [-0.15, -0.1) is 0 Å². The fourth-order valence-corrected chi connectivity index (χ4v) is 3.37. The Morgan fingerprint density at radius 3 is 2.65 bits per heavy atom. The van der Waals surface area contributed by atoms with Gasteiger partial charge in [-0.3, -0.25) is 9.59 Å². The molecule has 114 valence electrons. The van der Waals surface area contributed by atoms with Crippen LogP contribution < -0.4 is 5.32 Å². The highest BCUT2D eigenvalue weighted by molar-refractivity contribution is 5.78. The first-order valence-corrected chi connectivity index (χ1v) is 7.27. The van der Waals surface area contributed by atoms with E-state index in [9.17, 15) is 9.59 Å². The van der Waals surface area contributed by atoms with E-state index in [0.29, 0.717) is 0 Å². The normalized spacial score (nSPS) is 25.8. The molecule has 1 saturated heterocycles. The number of carboxylic acid groups (broad SMARTS) is 1. The van der Waals surface area contributed by atoms with Gasteiger partial charge in [-0.25, -0.2) is 0 Å². The van der Waals surface area contributed by atoms with E-state index in [0.717, 1.165) is 13.0 Å². The van der Waals surface area contributed by atoms with Crippen LogP contribution in [0, 0.1) is 5.41 Å². The molecule has 1 heterocycles.